The second-order valence-corrected chi connectivity index (χ2v) is 10.8. The molecule has 0 radical (unpaired) electrons. The molecular formula is C29H35N3O5S. The quantitative estimate of drug-likeness (QED) is 0.375. The van der Waals surface area contributed by atoms with Gasteiger partial charge in [-0.15, -0.1) is 0 Å². The molecule has 1 unspecified atom stereocenters. The minimum absolute atomic E-state index is 0.0582. The Balaban J connectivity index is 2.02. The molecule has 0 spiro atoms. The van der Waals surface area contributed by atoms with Gasteiger partial charge < -0.3 is 15.0 Å². The van der Waals surface area contributed by atoms with Gasteiger partial charge in [-0.3, -0.25) is 13.9 Å². The van der Waals surface area contributed by atoms with Gasteiger partial charge in [0.15, 0.2) is 0 Å². The summed E-state index contributed by atoms with van der Waals surface area (Å²) in [6.07, 6.45) is 0.755. The molecule has 1 atom stereocenters. The van der Waals surface area contributed by atoms with Gasteiger partial charge in [0.25, 0.3) is 10.0 Å². The first-order valence-electron chi connectivity index (χ1n) is 12.5. The number of benzene rings is 3. The van der Waals surface area contributed by atoms with Crippen LogP contribution >= 0.6 is 0 Å². The Morgan fingerprint density at radius 3 is 2.18 bits per heavy atom. The normalized spacial score (nSPS) is 11.9. The number of hydrogen-bond acceptors (Lipinski definition) is 5. The Hall–Kier alpha value is -3.85. The molecule has 0 aliphatic carbocycles. The number of ether oxygens (including phenoxy) is 1. The maximum absolute atomic E-state index is 13.9. The van der Waals surface area contributed by atoms with Crippen LogP contribution in [-0.2, 0) is 26.2 Å². The number of aryl methyl sites for hydroxylation is 1. The molecule has 0 aliphatic heterocycles. The number of hydrogen-bond donors (Lipinski definition) is 1. The van der Waals surface area contributed by atoms with Gasteiger partial charge in [-0.25, -0.2) is 8.42 Å². The van der Waals surface area contributed by atoms with Crippen LogP contribution in [0.1, 0.15) is 31.4 Å². The van der Waals surface area contributed by atoms with Crippen LogP contribution in [0.3, 0.4) is 0 Å². The van der Waals surface area contributed by atoms with Gasteiger partial charge in [-0.2, -0.15) is 0 Å². The fourth-order valence-electron chi connectivity index (χ4n) is 3.95. The van der Waals surface area contributed by atoms with Crippen LogP contribution in [0.2, 0.25) is 0 Å². The number of amides is 2. The van der Waals surface area contributed by atoms with Gasteiger partial charge >= 0.3 is 0 Å². The minimum atomic E-state index is -4.10. The van der Waals surface area contributed by atoms with Gasteiger partial charge in [0.2, 0.25) is 11.8 Å². The first-order chi connectivity index (χ1) is 18.2. The van der Waals surface area contributed by atoms with Gasteiger partial charge in [-0.1, -0.05) is 49.4 Å². The lowest BCUT2D eigenvalue weighted by atomic mass is 10.1. The summed E-state index contributed by atoms with van der Waals surface area (Å²) in [5, 5.41) is 2.84. The number of nitrogens with zero attached hydrogens (tertiary/aromatic N) is 2. The molecule has 0 heterocycles. The minimum Gasteiger partial charge on any atom is -0.497 e. The Bertz CT molecular complexity index is 1330. The molecular weight excluding hydrogens is 502 g/mol. The van der Waals surface area contributed by atoms with E-state index in [-0.39, 0.29) is 17.3 Å². The number of carbonyl (C=O) groups excluding carboxylic acids is 2. The second-order valence-electron chi connectivity index (χ2n) is 8.94. The molecule has 0 aliphatic rings. The molecule has 38 heavy (non-hydrogen) atoms. The van der Waals surface area contributed by atoms with E-state index < -0.39 is 28.5 Å². The monoisotopic (exact) mass is 537 g/mol. The van der Waals surface area contributed by atoms with Crippen molar-refractivity contribution in [1.29, 1.82) is 0 Å². The van der Waals surface area contributed by atoms with Crippen molar-refractivity contribution < 1.29 is 22.7 Å². The van der Waals surface area contributed by atoms with Crippen LogP contribution < -0.4 is 14.4 Å². The third-order valence-electron chi connectivity index (χ3n) is 6.29. The molecule has 0 saturated carbocycles. The molecule has 0 bridgehead atoms. The lowest BCUT2D eigenvalue weighted by Crippen LogP contribution is -2.51. The topological polar surface area (TPSA) is 96.0 Å². The van der Waals surface area contributed by atoms with Gasteiger partial charge in [-0.05, 0) is 67.8 Å². The highest BCUT2D eigenvalue weighted by Crippen LogP contribution is 2.26. The van der Waals surface area contributed by atoms with Gasteiger partial charge in [0.05, 0.1) is 17.7 Å². The molecule has 3 rings (SSSR count). The highest BCUT2D eigenvalue weighted by Gasteiger charge is 2.32. The number of methoxy groups -OCH3 is 1. The second kappa shape index (κ2) is 13.1. The van der Waals surface area contributed by atoms with E-state index >= 15 is 0 Å². The van der Waals surface area contributed by atoms with Crippen molar-refractivity contribution in [2.45, 2.75) is 44.7 Å². The van der Waals surface area contributed by atoms with Crippen molar-refractivity contribution in [1.82, 2.24) is 10.2 Å². The summed E-state index contributed by atoms with van der Waals surface area (Å²) in [4.78, 5) is 28.3. The lowest BCUT2D eigenvalue weighted by Gasteiger charge is -2.32. The SMILES string of the molecule is CCCNC(=O)C(C)N(Cc1ccccc1C)C(=O)CN(c1ccc(OC)cc1)S(=O)(=O)c1ccccc1. The average Bonchev–Trinajstić information content (AvgIpc) is 2.94. The van der Waals surface area contributed by atoms with Crippen LogP contribution in [0, 0.1) is 6.92 Å². The molecule has 3 aromatic carbocycles. The van der Waals surface area contributed by atoms with Crippen LogP contribution in [0.5, 0.6) is 5.75 Å². The lowest BCUT2D eigenvalue weighted by molar-refractivity contribution is -0.139. The molecule has 0 fully saturated rings. The predicted octanol–water partition coefficient (Wildman–Crippen LogP) is 4.14. The summed E-state index contributed by atoms with van der Waals surface area (Å²) >= 11 is 0. The van der Waals surface area contributed by atoms with E-state index in [0.29, 0.717) is 18.0 Å². The smallest absolute Gasteiger partial charge is 0.264 e. The largest absolute Gasteiger partial charge is 0.497 e. The van der Waals surface area contributed by atoms with E-state index in [1.165, 1.54) is 24.1 Å². The summed E-state index contributed by atoms with van der Waals surface area (Å²) in [6.45, 7) is 5.70. The third kappa shape index (κ3) is 6.92. The Kier molecular flexibility index (Phi) is 9.90. The maximum atomic E-state index is 13.9. The zero-order valence-electron chi connectivity index (χ0n) is 22.3. The fourth-order valence-corrected chi connectivity index (χ4v) is 5.38. The fraction of sp³-hybridized carbons (Fsp3) is 0.310. The van der Waals surface area contributed by atoms with Crippen molar-refractivity contribution in [3.05, 3.63) is 90.0 Å². The Labute approximate surface area is 225 Å². The standard InChI is InChI=1S/C29H35N3O5S/c1-5-19-30-29(34)23(3)31(20-24-12-10-9-11-22(24)2)28(33)21-32(25-15-17-26(37-4)18-16-25)38(35,36)27-13-7-6-8-14-27/h6-18,23H,5,19-21H2,1-4H3,(H,30,34). The zero-order chi connectivity index (χ0) is 27.7. The number of rotatable bonds is 12. The first kappa shape index (κ1) is 28.7. The highest BCUT2D eigenvalue weighted by atomic mass is 32.2. The van der Waals surface area contributed by atoms with E-state index in [2.05, 4.69) is 5.32 Å². The molecule has 0 saturated heterocycles. The Morgan fingerprint density at radius 1 is 0.947 bits per heavy atom. The molecule has 0 aromatic heterocycles. The molecule has 3 aromatic rings. The summed E-state index contributed by atoms with van der Waals surface area (Å²) in [5.41, 5.74) is 2.15. The predicted molar refractivity (Wildman–Crippen MR) is 148 cm³/mol. The third-order valence-corrected chi connectivity index (χ3v) is 8.08. The first-order valence-corrected chi connectivity index (χ1v) is 14.0. The van der Waals surface area contributed by atoms with Crippen molar-refractivity contribution in [3.8, 4) is 5.75 Å². The number of carbonyl (C=O) groups is 2. The molecule has 2 amide bonds. The molecule has 1 N–H and O–H groups in total. The van der Waals surface area contributed by atoms with Crippen molar-refractivity contribution >= 4 is 27.5 Å². The average molecular weight is 538 g/mol. The van der Waals surface area contributed by atoms with Gasteiger partial charge in [0.1, 0.15) is 18.3 Å². The van der Waals surface area contributed by atoms with Gasteiger partial charge in [0, 0.05) is 13.1 Å². The van der Waals surface area contributed by atoms with Crippen molar-refractivity contribution in [3.63, 3.8) is 0 Å². The zero-order valence-corrected chi connectivity index (χ0v) is 23.1. The number of sulfonamides is 1. The van der Waals surface area contributed by atoms with E-state index in [0.717, 1.165) is 21.9 Å². The number of anilines is 1. The molecule has 202 valence electrons. The summed E-state index contributed by atoms with van der Waals surface area (Å²) in [7, 11) is -2.58. The van der Waals surface area contributed by atoms with Crippen LogP contribution in [0.25, 0.3) is 0 Å². The van der Waals surface area contributed by atoms with E-state index in [9.17, 15) is 18.0 Å². The molecule has 8 nitrogen and oxygen atoms in total. The van der Waals surface area contributed by atoms with Crippen molar-refractivity contribution in [2.24, 2.45) is 0 Å². The number of nitrogens with one attached hydrogen (secondary N) is 1. The highest BCUT2D eigenvalue weighted by molar-refractivity contribution is 7.92. The van der Waals surface area contributed by atoms with Crippen LogP contribution in [0.15, 0.2) is 83.8 Å². The summed E-state index contributed by atoms with van der Waals surface area (Å²) in [5.74, 6) is -0.238. The van der Waals surface area contributed by atoms with E-state index in [1.54, 1.807) is 49.4 Å². The maximum Gasteiger partial charge on any atom is 0.264 e. The van der Waals surface area contributed by atoms with E-state index in [1.807, 2.05) is 38.1 Å². The summed E-state index contributed by atoms with van der Waals surface area (Å²) < 4.78 is 33.8. The van der Waals surface area contributed by atoms with E-state index in [4.69, 9.17) is 4.74 Å². The Morgan fingerprint density at radius 2 is 1.58 bits per heavy atom. The van der Waals surface area contributed by atoms with Crippen LogP contribution in [0.4, 0.5) is 5.69 Å². The van der Waals surface area contributed by atoms with Crippen molar-refractivity contribution in [2.75, 3.05) is 24.5 Å². The summed E-state index contributed by atoms with van der Waals surface area (Å²) in [6, 6.07) is 21.2. The molecule has 9 heteroatoms. The van der Waals surface area contributed by atoms with Crippen LogP contribution in [-0.4, -0.2) is 51.4 Å².